The van der Waals surface area contributed by atoms with Gasteiger partial charge in [-0.1, -0.05) is 32.6 Å². The number of cyclic esters (lactones) is 1. The minimum atomic E-state index is -0.336. The molecular weight excluding hydrogens is 316 g/mol. The van der Waals surface area contributed by atoms with Gasteiger partial charge in [0.2, 0.25) is 0 Å². The number of hydrogen-bond donors (Lipinski definition) is 0. The maximum Gasteiger partial charge on any atom is 0.338 e. The van der Waals surface area contributed by atoms with E-state index in [9.17, 15) is 9.59 Å². The molecule has 1 aliphatic heterocycles. The summed E-state index contributed by atoms with van der Waals surface area (Å²) in [6.07, 6.45) is 12.0. The van der Waals surface area contributed by atoms with Crippen molar-refractivity contribution in [1.29, 1.82) is 0 Å². The van der Waals surface area contributed by atoms with Crippen LogP contribution in [0.25, 0.3) is 0 Å². The Morgan fingerprint density at radius 2 is 2.24 bits per heavy atom. The Labute approximate surface area is 150 Å². The second-order valence-electron chi connectivity index (χ2n) is 7.23. The summed E-state index contributed by atoms with van der Waals surface area (Å²) >= 11 is 0. The van der Waals surface area contributed by atoms with Gasteiger partial charge in [-0.25, -0.2) is 9.59 Å². The summed E-state index contributed by atoms with van der Waals surface area (Å²) in [4.78, 5) is 23.6. The molecule has 0 unspecified atom stereocenters. The first-order chi connectivity index (χ1) is 11.9. The Bertz CT molecular complexity index is 638. The molecule has 0 aromatic carbocycles. The smallest absolute Gasteiger partial charge is 0.338 e. The van der Waals surface area contributed by atoms with Crippen LogP contribution in [0.1, 0.15) is 46.0 Å². The number of methoxy groups -OCH3 is 1. The zero-order valence-corrected chi connectivity index (χ0v) is 15.5. The number of esters is 2. The van der Waals surface area contributed by atoms with Crippen molar-refractivity contribution in [1.82, 2.24) is 0 Å². The second-order valence-corrected chi connectivity index (χ2v) is 7.23. The third-order valence-electron chi connectivity index (χ3n) is 5.61. The Morgan fingerprint density at radius 3 is 2.88 bits per heavy atom. The van der Waals surface area contributed by atoms with Crippen LogP contribution in [0.5, 0.6) is 0 Å². The standard InChI is InChI=1S/C21H28O4/c1-15-8-9-16(2)21(3,13-10-17-11-14-25-19(17)22)12-6-5-7-18(15)20(23)24-4/h5-7,11,16H,1,8-10,12-14H2,2-4H3/b6-5-,18-7+/t16-,21+/m1/s1. The van der Waals surface area contributed by atoms with Crippen LogP contribution in [0.2, 0.25) is 0 Å². The maximum absolute atomic E-state index is 11.9. The van der Waals surface area contributed by atoms with Crippen molar-refractivity contribution in [3.8, 4) is 0 Å². The highest BCUT2D eigenvalue weighted by molar-refractivity contribution is 5.93. The summed E-state index contributed by atoms with van der Waals surface area (Å²) in [6.45, 7) is 8.99. The SMILES string of the molecule is C=C1CC[C@@H](C)[C@](C)(CCC2=CCOC2=O)C/C=C\C=C/1C(=O)OC. The van der Waals surface area contributed by atoms with Gasteiger partial charge in [0, 0.05) is 5.57 Å². The first kappa shape index (κ1) is 19.2. The topological polar surface area (TPSA) is 52.6 Å². The Morgan fingerprint density at radius 1 is 1.48 bits per heavy atom. The highest BCUT2D eigenvalue weighted by Gasteiger charge is 2.32. The number of carbonyl (C=O) groups is 2. The van der Waals surface area contributed by atoms with E-state index in [2.05, 4.69) is 26.5 Å². The summed E-state index contributed by atoms with van der Waals surface area (Å²) in [5, 5.41) is 0. The van der Waals surface area contributed by atoms with Crippen molar-refractivity contribution >= 4 is 11.9 Å². The molecule has 0 fully saturated rings. The molecular formula is C21H28O4. The minimum Gasteiger partial charge on any atom is -0.465 e. The van der Waals surface area contributed by atoms with Crippen LogP contribution in [0, 0.1) is 11.3 Å². The van der Waals surface area contributed by atoms with E-state index in [4.69, 9.17) is 9.47 Å². The van der Waals surface area contributed by atoms with Gasteiger partial charge < -0.3 is 9.47 Å². The van der Waals surface area contributed by atoms with Crippen LogP contribution in [0.3, 0.4) is 0 Å². The summed E-state index contributed by atoms with van der Waals surface area (Å²) in [5.41, 5.74) is 2.24. The molecule has 4 nitrogen and oxygen atoms in total. The zero-order chi connectivity index (χ0) is 18.4. The van der Waals surface area contributed by atoms with Gasteiger partial charge in [0.25, 0.3) is 0 Å². The van der Waals surface area contributed by atoms with Gasteiger partial charge in [-0.2, -0.15) is 0 Å². The number of allylic oxidation sites excluding steroid dienone is 3. The van der Waals surface area contributed by atoms with Crippen LogP contribution < -0.4 is 0 Å². The van der Waals surface area contributed by atoms with E-state index in [0.29, 0.717) is 18.1 Å². The Hall–Kier alpha value is -2.10. The Balaban J connectivity index is 2.13. The third-order valence-corrected chi connectivity index (χ3v) is 5.61. The van der Waals surface area contributed by atoms with Crippen molar-refractivity contribution in [2.45, 2.75) is 46.0 Å². The molecule has 1 aliphatic carbocycles. The van der Waals surface area contributed by atoms with Crippen molar-refractivity contribution < 1.29 is 19.1 Å². The van der Waals surface area contributed by atoms with Crippen LogP contribution in [0.4, 0.5) is 0 Å². The number of carbonyl (C=O) groups excluding carboxylic acids is 2. The van der Waals surface area contributed by atoms with E-state index in [1.54, 1.807) is 6.08 Å². The van der Waals surface area contributed by atoms with Crippen molar-refractivity contribution in [2.24, 2.45) is 11.3 Å². The molecule has 2 aliphatic rings. The first-order valence-electron chi connectivity index (χ1n) is 8.87. The van der Waals surface area contributed by atoms with Crippen LogP contribution in [-0.4, -0.2) is 25.7 Å². The molecule has 2 rings (SSSR count). The van der Waals surface area contributed by atoms with Gasteiger partial charge in [-0.3, -0.25) is 0 Å². The van der Waals surface area contributed by atoms with Gasteiger partial charge in [0.1, 0.15) is 6.61 Å². The molecule has 0 aromatic rings. The number of hydrogen-bond acceptors (Lipinski definition) is 4. The van der Waals surface area contributed by atoms with E-state index in [1.165, 1.54) is 7.11 Å². The predicted molar refractivity (Wildman–Crippen MR) is 97.8 cm³/mol. The summed E-state index contributed by atoms with van der Waals surface area (Å²) in [5.74, 6) is -0.0769. The lowest BCUT2D eigenvalue weighted by Gasteiger charge is -2.36. The lowest BCUT2D eigenvalue weighted by Crippen LogP contribution is -2.26. The average Bonchev–Trinajstić information content (AvgIpc) is 3.01. The van der Waals surface area contributed by atoms with E-state index >= 15 is 0 Å². The molecule has 0 radical (unpaired) electrons. The predicted octanol–water partition coefficient (Wildman–Crippen LogP) is 4.29. The quantitative estimate of drug-likeness (QED) is 0.714. The highest BCUT2D eigenvalue weighted by Crippen LogP contribution is 2.41. The van der Waals surface area contributed by atoms with Crippen LogP contribution in [-0.2, 0) is 19.1 Å². The molecule has 2 atom stereocenters. The van der Waals surface area contributed by atoms with Crippen molar-refractivity contribution in [3.05, 3.63) is 47.6 Å². The Kier molecular flexibility index (Phi) is 6.40. The molecule has 4 heteroatoms. The molecule has 0 aromatic heterocycles. The summed E-state index contributed by atoms with van der Waals surface area (Å²) in [6, 6.07) is 0. The van der Waals surface area contributed by atoms with Gasteiger partial charge >= 0.3 is 11.9 Å². The molecule has 0 saturated heterocycles. The lowest BCUT2D eigenvalue weighted by atomic mass is 9.69. The van der Waals surface area contributed by atoms with Gasteiger partial charge in [-0.05, 0) is 61.2 Å². The molecule has 1 heterocycles. The maximum atomic E-state index is 11.9. The average molecular weight is 344 g/mol. The second kappa shape index (κ2) is 8.32. The first-order valence-corrected chi connectivity index (χ1v) is 8.87. The largest absolute Gasteiger partial charge is 0.465 e. The highest BCUT2D eigenvalue weighted by atomic mass is 16.5. The van der Waals surface area contributed by atoms with Gasteiger partial charge in [0.15, 0.2) is 0 Å². The minimum absolute atomic E-state index is 0.0805. The van der Waals surface area contributed by atoms with E-state index in [-0.39, 0.29) is 17.4 Å². The lowest BCUT2D eigenvalue weighted by molar-refractivity contribution is -0.136. The van der Waals surface area contributed by atoms with E-state index < -0.39 is 0 Å². The normalized spacial score (nSPS) is 30.8. The molecule has 0 bridgehead atoms. The van der Waals surface area contributed by atoms with Crippen molar-refractivity contribution in [3.63, 3.8) is 0 Å². The number of rotatable bonds is 4. The van der Waals surface area contributed by atoms with E-state index in [1.807, 2.05) is 12.2 Å². The molecule has 0 N–H and O–H groups in total. The molecule has 0 spiro atoms. The summed E-state index contributed by atoms with van der Waals surface area (Å²) in [7, 11) is 1.39. The van der Waals surface area contributed by atoms with Gasteiger partial charge in [0.05, 0.1) is 12.7 Å². The molecule has 25 heavy (non-hydrogen) atoms. The fraction of sp³-hybridized carbons (Fsp3) is 0.524. The van der Waals surface area contributed by atoms with Crippen molar-refractivity contribution in [2.75, 3.05) is 13.7 Å². The third kappa shape index (κ3) is 4.71. The molecule has 0 amide bonds. The fourth-order valence-corrected chi connectivity index (χ4v) is 3.38. The van der Waals surface area contributed by atoms with Crippen LogP contribution >= 0.6 is 0 Å². The van der Waals surface area contributed by atoms with Crippen LogP contribution in [0.15, 0.2) is 47.6 Å². The zero-order valence-electron chi connectivity index (χ0n) is 15.5. The molecule has 0 saturated carbocycles. The molecule has 136 valence electrons. The number of ether oxygens (including phenoxy) is 2. The fourth-order valence-electron chi connectivity index (χ4n) is 3.38. The monoisotopic (exact) mass is 344 g/mol. The summed E-state index contributed by atoms with van der Waals surface area (Å²) < 4.78 is 9.85. The van der Waals surface area contributed by atoms with E-state index in [0.717, 1.165) is 43.3 Å². The van der Waals surface area contributed by atoms with Gasteiger partial charge in [-0.15, -0.1) is 0 Å².